The van der Waals surface area contributed by atoms with Crippen LogP contribution in [0.5, 0.6) is 11.5 Å². The molecule has 18 heavy (non-hydrogen) atoms. The predicted octanol–water partition coefficient (Wildman–Crippen LogP) is 2.95. The Balaban J connectivity index is 2.48. The number of nitrogens with two attached hydrogens (primary N) is 1. The van der Waals surface area contributed by atoms with Gasteiger partial charge in [-0.25, -0.2) is 0 Å². The molecule has 4 heteroatoms. The van der Waals surface area contributed by atoms with Crippen LogP contribution in [0.15, 0.2) is 6.07 Å². The van der Waals surface area contributed by atoms with Gasteiger partial charge in [-0.1, -0.05) is 18.5 Å². The van der Waals surface area contributed by atoms with E-state index in [0.717, 1.165) is 37.0 Å². The van der Waals surface area contributed by atoms with Crippen molar-refractivity contribution in [2.24, 2.45) is 5.73 Å². The molecule has 0 unspecified atom stereocenters. The van der Waals surface area contributed by atoms with Crippen LogP contribution in [0.25, 0.3) is 0 Å². The minimum absolute atomic E-state index is 0.0349. The van der Waals surface area contributed by atoms with Gasteiger partial charge in [0, 0.05) is 11.1 Å². The molecule has 1 saturated carbocycles. The number of hydrogen-bond acceptors (Lipinski definition) is 3. The van der Waals surface area contributed by atoms with Gasteiger partial charge in [-0.3, -0.25) is 0 Å². The van der Waals surface area contributed by atoms with E-state index in [1.165, 1.54) is 5.56 Å². The topological polar surface area (TPSA) is 44.5 Å². The lowest BCUT2D eigenvalue weighted by Gasteiger charge is -2.19. The highest BCUT2D eigenvalue weighted by molar-refractivity contribution is 6.32. The van der Waals surface area contributed by atoms with E-state index in [0.29, 0.717) is 10.8 Å². The average molecular weight is 270 g/mol. The second-order valence-electron chi connectivity index (χ2n) is 4.96. The van der Waals surface area contributed by atoms with Crippen molar-refractivity contribution in [2.75, 3.05) is 14.2 Å². The molecule has 1 aromatic rings. The van der Waals surface area contributed by atoms with Crippen LogP contribution in [-0.2, 0) is 12.8 Å². The molecule has 1 aliphatic carbocycles. The van der Waals surface area contributed by atoms with Crippen molar-refractivity contribution >= 4 is 11.6 Å². The first-order chi connectivity index (χ1) is 8.54. The third-order valence-electron chi connectivity index (χ3n) is 3.58. The van der Waals surface area contributed by atoms with Gasteiger partial charge >= 0.3 is 0 Å². The van der Waals surface area contributed by atoms with Gasteiger partial charge in [0.2, 0.25) is 0 Å². The minimum atomic E-state index is -0.0349. The third-order valence-corrected chi connectivity index (χ3v) is 3.86. The van der Waals surface area contributed by atoms with Crippen molar-refractivity contribution in [2.45, 2.75) is 38.1 Å². The summed E-state index contributed by atoms with van der Waals surface area (Å²) in [6.07, 6.45) is 3.91. The second-order valence-corrected chi connectivity index (χ2v) is 5.36. The van der Waals surface area contributed by atoms with Crippen LogP contribution in [0.2, 0.25) is 5.02 Å². The van der Waals surface area contributed by atoms with Crippen LogP contribution >= 0.6 is 11.6 Å². The van der Waals surface area contributed by atoms with Gasteiger partial charge in [0.25, 0.3) is 0 Å². The average Bonchev–Trinajstić information content (AvgIpc) is 3.06. The maximum atomic E-state index is 6.25. The molecule has 1 fully saturated rings. The lowest BCUT2D eigenvalue weighted by molar-refractivity contribution is 0.351. The normalized spacial score (nSPS) is 16.5. The van der Waals surface area contributed by atoms with Gasteiger partial charge in [-0.15, -0.1) is 0 Å². The molecule has 0 heterocycles. The molecule has 0 spiro atoms. The number of rotatable bonds is 5. The van der Waals surface area contributed by atoms with Crippen molar-refractivity contribution in [1.82, 2.24) is 0 Å². The predicted molar refractivity (Wildman–Crippen MR) is 73.8 cm³/mol. The smallest absolute Gasteiger partial charge is 0.179 e. The third kappa shape index (κ3) is 2.43. The number of benzene rings is 1. The Kier molecular flexibility index (Phi) is 3.74. The summed E-state index contributed by atoms with van der Waals surface area (Å²) in [7, 11) is 3.25. The van der Waals surface area contributed by atoms with Crippen molar-refractivity contribution in [3.05, 3.63) is 22.2 Å². The number of methoxy groups -OCH3 is 2. The summed E-state index contributed by atoms with van der Waals surface area (Å²) in [6.45, 7) is 2.10. The molecule has 0 atom stereocenters. The van der Waals surface area contributed by atoms with Crippen molar-refractivity contribution in [3.8, 4) is 11.5 Å². The molecular formula is C14H20ClNO2. The maximum Gasteiger partial charge on any atom is 0.179 e. The number of ether oxygens (including phenoxy) is 2. The van der Waals surface area contributed by atoms with Gasteiger partial charge in [-0.05, 0) is 37.3 Å². The summed E-state index contributed by atoms with van der Waals surface area (Å²) in [5.74, 6) is 1.35. The van der Waals surface area contributed by atoms with Gasteiger partial charge in [0.1, 0.15) is 0 Å². The van der Waals surface area contributed by atoms with Gasteiger partial charge in [0.05, 0.1) is 19.2 Å². The highest BCUT2D eigenvalue weighted by Gasteiger charge is 2.39. The molecule has 2 N–H and O–H groups in total. The number of hydrogen-bond donors (Lipinski definition) is 1. The Bertz CT molecular complexity index is 456. The van der Waals surface area contributed by atoms with E-state index in [4.69, 9.17) is 26.8 Å². The van der Waals surface area contributed by atoms with Crippen LogP contribution in [0.1, 0.15) is 30.9 Å². The first kappa shape index (κ1) is 13.5. The molecule has 1 aromatic carbocycles. The van der Waals surface area contributed by atoms with Crippen molar-refractivity contribution in [3.63, 3.8) is 0 Å². The van der Waals surface area contributed by atoms with E-state index in [2.05, 4.69) is 6.92 Å². The molecule has 0 saturated heterocycles. The number of halogens is 1. The maximum absolute atomic E-state index is 6.25. The zero-order chi connectivity index (χ0) is 13.3. The Labute approximate surface area is 113 Å². The Morgan fingerprint density at radius 3 is 2.33 bits per heavy atom. The summed E-state index contributed by atoms with van der Waals surface area (Å²) in [4.78, 5) is 0. The van der Waals surface area contributed by atoms with E-state index in [9.17, 15) is 0 Å². The molecule has 3 nitrogen and oxygen atoms in total. The molecule has 0 aliphatic heterocycles. The highest BCUT2D eigenvalue weighted by Crippen LogP contribution is 2.43. The van der Waals surface area contributed by atoms with Crippen LogP contribution in [0.4, 0.5) is 0 Å². The minimum Gasteiger partial charge on any atom is -0.493 e. The first-order valence-electron chi connectivity index (χ1n) is 6.25. The first-order valence-corrected chi connectivity index (χ1v) is 6.63. The lowest BCUT2D eigenvalue weighted by atomic mass is 9.96. The standard InChI is InChI=1S/C14H20ClNO2/c1-4-10-9(8-14(16)5-6-14)7-11(15)13(18-3)12(10)17-2/h7H,4-6,8,16H2,1-3H3. The molecule has 0 aromatic heterocycles. The molecule has 1 aliphatic rings. The summed E-state index contributed by atoms with van der Waals surface area (Å²) in [5, 5.41) is 0.589. The lowest BCUT2D eigenvalue weighted by Crippen LogP contribution is -2.25. The van der Waals surface area contributed by atoms with Gasteiger partial charge in [0.15, 0.2) is 11.5 Å². The monoisotopic (exact) mass is 269 g/mol. The fourth-order valence-electron chi connectivity index (χ4n) is 2.37. The van der Waals surface area contributed by atoms with E-state index in [-0.39, 0.29) is 5.54 Å². The Morgan fingerprint density at radius 1 is 1.28 bits per heavy atom. The van der Waals surface area contributed by atoms with Crippen molar-refractivity contribution < 1.29 is 9.47 Å². The second kappa shape index (κ2) is 4.98. The molecular weight excluding hydrogens is 250 g/mol. The zero-order valence-electron chi connectivity index (χ0n) is 11.2. The fourth-order valence-corrected chi connectivity index (χ4v) is 2.66. The van der Waals surface area contributed by atoms with E-state index < -0.39 is 0 Å². The Morgan fingerprint density at radius 2 is 1.89 bits per heavy atom. The summed E-state index contributed by atoms with van der Waals surface area (Å²) in [6, 6.07) is 1.97. The molecule has 0 bridgehead atoms. The quantitative estimate of drug-likeness (QED) is 0.894. The van der Waals surface area contributed by atoms with E-state index >= 15 is 0 Å². The van der Waals surface area contributed by atoms with Gasteiger partial charge in [-0.2, -0.15) is 0 Å². The molecule has 100 valence electrons. The SMILES string of the molecule is CCc1c(CC2(N)CC2)cc(Cl)c(OC)c1OC. The molecule has 2 rings (SSSR count). The summed E-state index contributed by atoms with van der Waals surface area (Å²) in [5.41, 5.74) is 8.49. The largest absolute Gasteiger partial charge is 0.493 e. The van der Waals surface area contributed by atoms with Crippen LogP contribution < -0.4 is 15.2 Å². The molecule has 0 amide bonds. The Hall–Kier alpha value is -0.930. The van der Waals surface area contributed by atoms with Gasteiger partial charge < -0.3 is 15.2 Å². The highest BCUT2D eigenvalue weighted by atomic mass is 35.5. The summed E-state index contributed by atoms with van der Waals surface area (Å²) >= 11 is 6.25. The van der Waals surface area contributed by atoms with E-state index in [1.54, 1.807) is 14.2 Å². The van der Waals surface area contributed by atoms with Crippen LogP contribution in [0, 0.1) is 0 Å². The van der Waals surface area contributed by atoms with Crippen LogP contribution in [-0.4, -0.2) is 19.8 Å². The summed E-state index contributed by atoms with van der Waals surface area (Å²) < 4.78 is 10.8. The van der Waals surface area contributed by atoms with Crippen LogP contribution in [0.3, 0.4) is 0 Å². The van der Waals surface area contributed by atoms with Crippen molar-refractivity contribution in [1.29, 1.82) is 0 Å². The zero-order valence-corrected chi connectivity index (χ0v) is 11.9. The molecule has 0 radical (unpaired) electrons. The fraction of sp³-hybridized carbons (Fsp3) is 0.571. The van der Waals surface area contributed by atoms with E-state index in [1.807, 2.05) is 6.07 Å².